The minimum Gasteiger partial charge on any atom is -0.493 e. The number of methoxy groups -OCH3 is 2. The summed E-state index contributed by atoms with van der Waals surface area (Å²) in [6.07, 6.45) is 1.29. The monoisotopic (exact) mass is 374 g/mol. The zero-order chi connectivity index (χ0) is 19.8. The first-order chi connectivity index (χ1) is 13.0. The Morgan fingerprint density at radius 3 is 2.59 bits per heavy atom. The molecule has 0 aliphatic heterocycles. The number of carboxylic acids is 1. The highest BCUT2D eigenvalue weighted by Gasteiger charge is 2.16. The van der Waals surface area contributed by atoms with Crippen LogP contribution in [-0.2, 0) is 4.74 Å². The number of hydrogen-bond donors (Lipinski definition) is 2. The molecular formula is C19H22N2O6. The number of amides is 1. The summed E-state index contributed by atoms with van der Waals surface area (Å²) in [7, 11) is 3.13. The molecular weight excluding hydrogens is 352 g/mol. The molecule has 0 spiro atoms. The van der Waals surface area contributed by atoms with Crippen molar-refractivity contribution in [2.45, 2.75) is 13.0 Å². The second-order valence-electron chi connectivity index (χ2n) is 5.68. The molecule has 1 heterocycles. The standard InChI is InChI=1S/C19H22N2O6/c1-12(21-18(22)14-6-7-20-15(10-14)19(23)24)13-4-5-16(17(11-13)26-3)27-9-8-25-2/h4-7,10-12H,8-9H2,1-3H3,(H,21,22)(H,23,24). The zero-order valence-corrected chi connectivity index (χ0v) is 15.4. The second kappa shape index (κ2) is 9.54. The number of pyridine rings is 1. The number of carboxylic acid groups (broad SMARTS) is 1. The molecule has 1 atom stereocenters. The summed E-state index contributed by atoms with van der Waals surface area (Å²) < 4.78 is 15.9. The summed E-state index contributed by atoms with van der Waals surface area (Å²) in [5, 5.41) is 11.8. The molecule has 2 rings (SSSR count). The molecule has 0 radical (unpaired) electrons. The molecule has 1 aromatic carbocycles. The predicted octanol–water partition coefficient (Wildman–Crippen LogP) is 2.30. The number of nitrogens with zero attached hydrogens (tertiary/aromatic N) is 1. The minimum absolute atomic E-state index is 0.186. The summed E-state index contributed by atoms with van der Waals surface area (Å²) in [5.41, 5.74) is 0.849. The molecule has 0 saturated carbocycles. The Bertz CT molecular complexity index is 809. The van der Waals surface area contributed by atoms with Gasteiger partial charge in [-0.15, -0.1) is 0 Å². The van der Waals surface area contributed by atoms with Crippen LogP contribution < -0.4 is 14.8 Å². The van der Waals surface area contributed by atoms with Crippen molar-refractivity contribution >= 4 is 11.9 Å². The third kappa shape index (κ3) is 5.42. The van der Waals surface area contributed by atoms with Crippen LogP contribution in [0.5, 0.6) is 11.5 Å². The van der Waals surface area contributed by atoms with Gasteiger partial charge in [0.1, 0.15) is 12.3 Å². The van der Waals surface area contributed by atoms with Gasteiger partial charge in [0, 0.05) is 18.9 Å². The maximum atomic E-state index is 12.4. The van der Waals surface area contributed by atoms with Crippen molar-refractivity contribution in [3.05, 3.63) is 53.3 Å². The number of rotatable bonds is 9. The van der Waals surface area contributed by atoms with E-state index in [2.05, 4.69) is 10.3 Å². The maximum absolute atomic E-state index is 12.4. The van der Waals surface area contributed by atoms with Gasteiger partial charge in [-0.3, -0.25) is 4.79 Å². The van der Waals surface area contributed by atoms with Crippen molar-refractivity contribution in [3.63, 3.8) is 0 Å². The van der Waals surface area contributed by atoms with Gasteiger partial charge in [-0.05, 0) is 36.8 Å². The lowest BCUT2D eigenvalue weighted by molar-refractivity contribution is 0.0690. The van der Waals surface area contributed by atoms with Crippen molar-refractivity contribution < 1.29 is 28.9 Å². The van der Waals surface area contributed by atoms with Crippen LogP contribution >= 0.6 is 0 Å². The van der Waals surface area contributed by atoms with Gasteiger partial charge in [-0.25, -0.2) is 9.78 Å². The molecule has 0 saturated heterocycles. The van der Waals surface area contributed by atoms with Crippen molar-refractivity contribution in [3.8, 4) is 11.5 Å². The smallest absolute Gasteiger partial charge is 0.354 e. The molecule has 2 N–H and O–H groups in total. The van der Waals surface area contributed by atoms with Crippen LogP contribution in [0.3, 0.4) is 0 Å². The van der Waals surface area contributed by atoms with Crippen LogP contribution in [0.2, 0.25) is 0 Å². The van der Waals surface area contributed by atoms with E-state index >= 15 is 0 Å². The van der Waals surface area contributed by atoms with E-state index in [4.69, 9.17) is 19.3 Å². The van der Waals surface area contributed by atoms with Crippen LogP contribution in [-0.4, -0.2) is 49.4 Å². The van der Waals surface area contributed by atoms with E-state index in [9.17, 15) is 9.59 Å². The number of carbonyl (C=O) groups excluding carboxylic acids is 1. The Hall–Kier alpha value is -3.13. The number of aromatic carboxylic acids is 1. The summed E-state index contributed by atoms with van der Waals surface area (Å²) >= 11 is 0. The third-order valence-electron chi connectivity index (χ3n) is 3.82. The lowest BCUT2D eigenvalue weighted by Crippen LogP contribution is -2.27. The summed E-state index contributed by atoms with van der Waals surface area (Å²) in [5.74, 6) is -0.461. The number of nitrogens with one attached hydrogen (secondary N) is 1. The quantitative estimate of drug-likeness (QED) is 0.649. The molecule has 0 bridgehead atoms. The first-order valence-electron chi connectivity index (χ1n) is 8.26. The van der Waals surface area contributed by atoms with Crippen molar-refractivity contribution in [1.82, 2.24) is 10.3 Å². The number of benzene rings is 1. The van der Waals surface area contributed by atoms with Gasteiger partial charge in [-0.2, -0.15) is 0 Å². The van der Waals surface area contributed by atoms with Crippen molar-refractivity contribution in [2.24, 2.45) is 0 Å². The molecule has 1 aromatic heterocycles. The fourth-order valence-electron chi connectivity index (χ4n) is 2.36. The van der Waals surface area contributed by atoms with E-state index in [1.807, 2.05) is 13.0 Å². The lowest BCUT2D eigenvalue weighted by Gasteiger charge is -2.17. The number of carbonyl (C=O) groups is 2. The molecule has 144 valence electrons. The highest BCUT2D eigenvalue weighted by atomic mass is 16.5. The average Bonchev–Trinajstić information content (AvgIpc) is 2.68. The lowest BCUT2D eigenvalue weighted by atomic mass is 10.1. The SMILES string of the molecule is COCCOc1ccc(C(C)NC(=O)c2ccnc(C(=O)O)c2)cc1OC. The second-order valence-corrected chi connectivity index (χ2v) is 5.68. The third-order valence-corrected chi connectivity index (χ3v) is 3.82. The number of hydrogen-bond acceptors (Lipinski definition) is 6. The number of ether oxygens (including phenoxy) is 3. The van der Waals surface area contributed by atoms with E-state index in [-0.39, 0.29) is 17.3 Å². The van der Waals surface area contributed by atoms with E-state index in [0.29, 0.717) is 24.7 Å². The van der Waals surface area contributed by atoms with Crippen LogP contribution in [0, 0.1) is 0 Å². The number of aromatic nitrogens is 1. The predicted molar refractivity (Wildman–Crippen MR) is 97.4 cm³/mol. The van der Waals surface area contributed by atoms with Crippen LogP contribution in [0.4, 0.5) is 0 Å². The van der Waals surface area contributed by atoms with Gasteiger partial charge in [-0.1, -0.05) is 6.07 Å². The Balaban J connectivity index is 2.10. The minimum atomic E-state index is -1.19. The summed E-state index contributed by atoms with van der Waals surface area (Å²) in [6, 6.07) is 7.73. The fourth-order valence-corrected chi connectivity index (χ4v) is 2.36. The Labute approximate surface area is 157 Å². The van der Waals surface area contributed by atoms with E-state index in [1.165, 1.54) is 25.4 Å². The van der Waals surface area contributed by atoms with Crippen molar-refractivity contribution in [2.75, 3.05) is 27.4 Å². The topological polar surface area (TPSA) is 107 Å². The van der Waals surface area contributed by atoms with Crippen molar-refractivity contribution in [1.29, 1.82) is 0 Å². The largest absolute Gasteiger partial charge is 0.493 e. The molecule has 2 aromatic rings. The molecule has 8 nitrogen and oxygen atoms in total. The normalized spacial score (nSPS) is 11.5. The first-order valence-corrected chi connectivity index (χ1v) is 8.26. The molecule has 27 heavy (non-hydrogen) atoms. The van der Waals surface area contributed by atoms with Gasteiger partial charge in [0.25, 0.3) is 5.91 Å². The van der Waals surface area contributed by atoms with E-state index in [0.717, 1.165) is 5.56 Å². The highest BCUT2D eigenvalue weighted by molar-refractivity contribution is 5.96. The zero-order valence-electron chi connectivity index (χ0n) is 15.4. The van der Waals surface area contributed by atoms with E-state index < -0.39 is 11.9 Å². The summed E-state index contributed by atoms with van der Waals surface area (Å²) in [4.78, 5) is 27.1. The first kappa shape index (κ1) is 20.2. The van der Waals surface area contributed by atoms with Gasteiger partial charge >= 0.3 is 5.97 Å². The Morgan fingerprint density at radius 1 is 1.15 bits per heavy atom. The average molecular weight is 374 g/mol. The fraction of sp³-hybridized carbons (Fsp3) is 0.316. The van der Waals surface area contributed by atoms with Gasteiger partial charge < -0.3 is 24.6 Å². The molecule has 0 aliphatic rings. The van der Waals surface area contributed by atoms with Gasteiger partial charge in [0.05, 0.1) is 19.8 Å². The summed E-state index contributed by atoms with van der Waals surface area (Å²) in [6.45, 7) is 2.67. The molecule has 0 fully saturated rings. The van der Waals surface area contributed by atoms with Crippen LogP contribution in [0.15, 0.2) is 36.5 Å². The van der Waals surface area contributed by atoms with Crippen LogP contribution in [0.25, 0.3) is 0 Å². The highest BCUT2D eigenvalue weighted by Crippen LogP contribution is 2.30. The maximum Gasteiger partial charge on any atom is 0.354 e. The molecule has 0 aliphatic carbocycles. The molecule has 8 heteroatoms. The molecule has 1 amide bonds. The van der Waals surface area contributed by atoms with Crippen LogP contribution in [0.1, 0.15) is 39.4 Å². The molecule has 1 unspecified atom stereocenters. The van der Waals surface area contributed by atoms with Gasteiger partial charge in [0.2, 0.25) is 0 Å². The Morgan fingerprint density at radius 2 is 1.93 bits per heavy atom. The van der Waals surface area contributed by atoms with E-state index in [1.54, 1.807) is 19.2 Å². The Kier molecular flexibility index (Phi) is 7.13. The van der Waals surface area contributed by atoms with Gasteiger partial charge in [0.15, 0.2) is 11.5 Å².